The zero-order valence-corrected chi connectivity index (χ0v) is 11.7. The van der Waals surface area contributed by atoms with Gasteiger partial charge in [0.2, 0.25) is 10.0 Å². The summed E-state index contributed by atoms with van der Waals surface area (Å²) in [6, 6.07) is 2.57. The summed E-state index contributed by atoms with van der Waals surface area (Å²) in [5, 5.41) is 9.25. The summed E-state index contributed by atoms with van der Waals surface area (Å²) in [4.78, 5) is -0.598. The van der Waals surface area contributed by atoms with E-state index in [1.165, 1.54) is 0 Å². The van der Waals surface area contributed by atoms with Gasteiger partial charge in [-0.1, -0.05) is 6.42 Å². The summed E-state index contributed by atoms with van der Waals surface area (Å²) in [5.41, 5.74) is 0. The second-order valence-electron chi connectivity index (χ2n) is 4.64. The van der Waals surface area contributed by atoms with Crippen LogP contribution in [0.4, 0.5) is 13.2 Å². The van der Waals surface area contributed by atoms with E-state index in [-0.39, 0.29) is 13.1 Å². The third-order valence-electron chi connectivity index (χ3n) is 3.09. The van der Waals surface area contributed by atoms with Crippen molar-refractivity contribution in [2.24, 2.45) is 0 Å². The zero-order chi connectivity index (χ0) is 15.7. The Bertz CT molecular complexity index is 609. The van der Waals surface area contributed by atoms with Crippen LogP contribution in [0.1, 0.15) is 19.3 Å². The van der Waals surface area contributed by atoms with E-state index in [1.807, 2.05) is 0 Å². The van der Waals surface area contributed by atoms with Crippen molar-refractivity contribution in [2.75, 3.05) is 13.1 Å². The standard InChI is InChI=1S/C12H14F3NO4S/c13-12(14,15)20-10-8-9(17)4-5-11(10)21(18,19)16-6-2-1-3-7-16/h4-5,8,17H,1-3,6-7H2. The highest BCUT2D eigenvalue weighted by Gasteiger charge is 2.36. The van der Waals surface area contributed by atoms with Gasteiger partial charge in [-0.25, -0.2) is 8.42 Å². The molecule has 0 unspecified atom stereocenters. The van der Waals surface area contributed by atoms with Gasteiger partial charge in [0.05, 0.1) is 0 Å². The lowest BCUT2D eigenvalue weighted by atomic mass is 10.2. The number of aromatic hydroxyl groups is 1. The van der Waals surface area contributed by atoms with Gasteiger partial charge >= 0.3 is 6.36 Å². The fourth-order valence-corrected chi connectivity index (χ4v) is 3.77. The molecule has 2 rings (SSSR count). The molecule has 0 atom stereocenters. The quantitative estimate of drug-likeness (QED) is 0.927. The van der Waals surface area contributed by atoms with Gasteiger partial charge in [-0.3, -0.25) is 0 Å². The van der Waals surface area contributed by atoms with E-state index in [0.29, 0.717) is 18.9 Å². The van der Waals surface area contributed by atoms with E-state index >= 15 is 0 Å². The molecule has 0 bridgehead atoms. The summed E-state index contributed by atoms with van der Waals surface area (Å²) in [5.74, 6) is -1.43. The van der Waals surface area contributed by atoms with E-state index in [0.717, 1.165) is 22.9 Å². The molecule has 1 aliphatic heterocycles. The van der Waals surface area contributed by atoms with Crippen LogP contribution in [0, 0.1) is 0 Å². The largest absolute Gasteiger partial charge is 0.573 e. The fraction of sp³-hybridized carbons (Fsp3) is 0.500. The fourth-order valence-electron chi connectivity index (χ4n) is 2.16. The Balaban J connectivity index is 2.42. The van der Waals surface area contributed by atoms with Crippen LogP contribution in [0.5, 0.6) is 11.5 Å². The first-order chi connectivity index (χ1) is 9.70. The van der Waals surface area contributed by atoms with Crippen molar-refractivity contribution in [3.8, 4) is 11.5 Å². The van der Waals surface area contributed by atoms with Crippen molar-refractivity contribution in [3.05, 3.63) is 18.2 Å². The number of ether oxygens (including phenoxy) is 1. The van der Waals surface area contributed by atoms with Crippen molar-refractivity contribution in [3.63, 3.8) is 0 Å². The zero-order valence-electron chi connectivity index (χ0n) is 10.9. The smallest absolute Gasteiger partial charge is 0.508 e. The number of piperidine rings is 1. The number of halogens is 3. The minimum Gasteiger partial charge on any atom is -0.508 e. The normalized spacial score (nSPS) is 17.7. The summed E-state index contributed by atoms with van der Waals surface area (Å²) in [7, 11) is -4.08. The van der Waals surface area contributed by atoms with Crippen LogP contribution < -0.4 is 4.74 Å². The maximum atomic E-state index is 12.4. The number of nitrogens with zero attached hydrogens (tertiary/aromatic N) is 1. The van der Waals surface area contributed by atoms with Crippen LogP contribution >= 0.6 is 0 Å². The average molecular weight is 325 g/mol. The molecule has 1 N–H and O–H groups in total. The molecule has 5 nitrogen and oxygen atoms in total. The van der Waals surface area contributed by atoms with Crippen molar-refractivity contribution in [1.29, 1.82) is 0 Å². The van der Waals surface area contributed by atoms with E-state index in [2.05, 4.69) is 4.74 Å². The first-order valence-electron chi connectivity index (χ1n) is 6.29. The predicted molar refractivity (Wildman–Crippen MR) is 67.4 cm³/mol. The van der Waals surface area contributed by atoms with Crippen LogP contribution in [0.2, 0.25) is 0 Å². The van der Waals surface area contributed by atoms with E-state index in [1.54, 1.807) is 0 Å². The third-order valence-corrected chi connectivity index (χ3v) is 5.02. The van der Waals surface area contributed by atoms with Crippen molar-refractivity contribution in [2.45, 2.75) is 30.5 Å². The molecule has 0 saturated carbocycles. The molecular weight excluding hydrogens is 311 g/mol. The Labute approximate surface area is 120 Å². The van der Waals surface area contributed by atoms with Crippen molar-refractivity contribution in [1.82, 2.24) is 4.31 Å². The molecule has 0 aliphatic carbocycles. The Hall–Kier alpha value is -1.48. The van der Waals surface area contributed by atoms with Gasteiger partial charge in [0, 0.05) is 19.2 Å². The summed E-state index contributed by atoms with van der Waals surface area (Å²) in [6.45, 7) is 0.517. The molecular formula is C12H14F3NO4S. The van der Waals surface area contributed by atoms with Gasteiger partial charge in [-0.05, 0) is 25.0 Å². The molecule has 1 heterocycles. The minimum absolute atomic E-state index is 0.259. The van der Waals surface area contributed by atoms with Crippen LogP contribution in [0.3, 0.4) is 0 Å². The number of hydrogen-bond donors (Lipinski definition) is 1. The predicted octanol–water partition coefficient (Wildman–Crippen LogP) is 2.47. The molecule has 0 spiro atoms. The van der Waals surface area contributed by atoms with Gasteiger partial charge in [0.15, 0.2) is 5.75 Å². The van der Waals surface area contributed by atoms with Gasteiger partial charge < -0.3 is 9.84 Å². The Morgan fingerprint density at radius 2 is 1.76 bits per heavy atom. The molecule has 1 aromatic rings. The van der Waals surface area contributed by atoms with Crippen LogP contribution in [0.15, 0.2) is 23.1 Å². The Kier molecular flexibility index (Phi) is 4.33. The summed E-state index contributed by atoms with van der Waals surface area (Å²) >= 11 is 0. The first-order valence-corrected chi connectivity index (χ1v) is 7.73. The van der Waals surface area contributed by atoms with Crippen molar-refractivity contribution < 1.29 is 31.4 Å². The molecule has 21 heavy (non-hydrogen) atoms. The number of rotatable bonds is 3. The summed E-state index contributed by atoms with van der Waals surface area (Å²) in [6.07, 6.45) is -2.84. The lowest BCUT2D eigenvalue weighted by molar-refractivity contribution is -0.275. The molecule has 1 aromatic carbocycles. The second-order valence-corrected chi connectivity index (χ2v) is 6.55. The number of sulfonamides is 1. The van der Waals surface area contributed by atoms with E-state index in [9.17, 15) is 26.7 Å². The topological polar surface area (TPSA) is 66.8 Å². The third kappa shape index (κ3) is 3.79. The maximum Gasteiger partial charge on any atom is 0.573 e. The van der Waals surface area contributed by atoms with Crippen molar-refractivity contribution >= 4 is 10.0 Å². The average Bonchev–Trinajstić information content (AvgIpc) is 2.37. The first kappa shape index (κ1) is 15.9. The maximum absolute atomic E-state index is 12.4. The number of alkyl halides is 3. The molecule has 9 heteroatoms. The van der Waals surface area contributed by atoms with Gasteiger partial charge in [0.25, 0.3) is 0 Å². The molecule has 0 radical (unpaired) electrons. The lowest BCUT2D eigenvalue weighted by Gasteiger charge is -2.26. The minimum atomic E-state index is -5.04. The number of phenolic OH excluding ortho intramolecular Hbond substituents is 1. The van der Waals surface area contributed by atoms with Gasteiger partial charge in [0.1, 0.15) is 10.6 Å². The Morgan fingerprint density at radius 3 is 2.33 bits per heavy atom. The number of phenols is 1. The molecule has 118 valence electrons. The highest BCUT2D eigenvalue weighted by atomic mass is 32.2. The van der Waals surface area contributed by atoms with E-state index in [4.69, 9.17) is 0 Å². The van der Waals surface area contributed by atoms with Crippen LogP contribution in [-0.2, 0) is 10.0 Å². The molecule has 1 saturated heterocycles. The molecule has 0 aromatic heterocycles. The SMILES string of the molecule is O=S(=O)(c1ccc(O)cc1OC(F)(F)F)N1CCCCC1. The molecule has 1 fully saturated rings. The second kappa shape index (κ2) is 5.72. The monoisotopic (exact) mass is 325 g/mol. The highest BCUT2D eigenvalue weighted by Crippen LogP contribution is 2.34. The number of hydrogen-bond acceptors (Lipinski definition) is 4. The molecule has 0 amide bonds. The summed E-state index contributed by atoms with van der Waals surface area (Å²) < 4.78 is 66.8. The highest BCUT2D eigenvalue weighted by molar-refractivity contribution is 7.89. The molecule has 1 aliphatic rings. The van der Waals surface area contributed by atoms with Gasteiger partial charge in [-0.2, -0.15) is 4.31 Å². The van der Waals surface area contributed by atoms with Crippen LogP contribution in [-0.4, -0.2) is 37.3 Å². The van der Waals surface area contributed by atoms with Crippen LogP contribution in [0.25, 0.3) is 0 Å². The Morgan fingerprint density at radius 1 is 1.14 bits per heavy atom. The number of benzene rings is 1. The van der Waals surface area contributed by atoms with E-state index < -0.39 is 32.8 Å². The van der Waals surface area contributed by atoms with Gasteiger partial charge in [-0.15, -0.1) is 13.2 Å². The lowest BCUT2D eigenvalue weighted by Crippen LogP contribution is -2.36.